The second kappa shape index (κ2) is 5.86. The predicted octanol–water partition coefficient (Wildman–Crippen LogP) is 2.00. The number of carbonyl (C=O) groups excluding carboxylic acids is 3. The van der Waals surface area contributed by atoms with Gasteiger partial charge < -0.3 is 5.32 Å². The highest BCUT2D eigenvalue weighted by Crippen LogP contribution is 2.54. The lowest BCUT2D eigenvalue weighted by Gasteiger charge is -2.31. The lowest BCUT2D eigenvalue weighted by Crippen LogP contribution is -2.54. The zero-order valence-corrected chi connectivity index (χ0v) is 15.9. The van der Waals surface area contributed by atoms with Crippen LogP contribution in [0.25, 0.3) is 0 Å². The zero-order chi connectivity index (χ0) is 19.7. The van der Waals surface area contributed by atoms with E-state index in [1.54, 1.807) is 0 Å². The number of likely N-dealkylation sites (tertiary alicyclic amines) is 1. The van der Waals surface area contributed by atoms with Crippen molar-refractivity contribution in [2.45, 2.75) is 51.7 Å². The number of fused-ring (bicyclic) bond motifs is 4. The molecule has 144 valence electrons. The van der Waals surface area contributed by atoms with E-state index in [2.05, 4.69) is 10.6 Å². The van der Waals surface area contributed by atoms with Crippen molar-refractivity contribution in [2.24, 2.45) is 17.8 Å². The Hall–Kier alpha value is -2.28. The molecule has 3 aliphatic rings. The number of nitrogens with one attached hydrogen (secondary N) is 2. The number of hydrogen-bond acceptors (Lipinski definition) is 4. The molecular weight excluding hydrogens is 349 g/mol. The molecule has 5 atom stereocenters. The van der Waals surface area contributed by atoms with E-state index in [1.807, 2.05) is 27.7 Å². The number of hydrogen-bond donors (Lipinski definition) is 2. The van der Waals surface area contributed by atoms with E-state index in [0.29, 0.717) is 17.7 Å². The van der Waals surface area contributed by atoms with Crippen LogP contribution >= 0.6 is 0 Å². The molecule has 27 heavy (non-hydrogen) atoms. The highest BCUT2D eigenvalue weighted by atomic mass is 19.1. The molecule has 4 rings (SSSR count). The second-order valence-corrected chi connectivity index (χ2v) is 8.17. The van der Waals surface area contributed by atoms with E-state index in [-0.39, 0.29) is 29.8 Å². The SMILES string of the molecule is CC[C@@H](C)N1C(=O)[C@@H]2[C@@H](C(C)C)N[C@]3(C(=O)Nc4ccc(F)cc43)[C@@H]2C1=O. The molecule has 0 aliphatic carbocycles. The molecule has 0 saturated carbocycles. The summed E-state index contributed by atoms with van der Waals surface area (Å²) < 4.78 is 14.0. The van der Waals surface area contributed by atoms with Crippen molar-refractivity contribution in [3.8, 4) is 0 Å². The highest BCUT2D eigenvalue weighted by Gasteiger charge is 2.71. The first-order valence-corrected chi connectivity index (χ1v) is 9.50. The number of nitrogens with zero attached hydrogens (tertiary/aromatic N) is 1. The molecule has 2 fully saturated rings. The summed E-state index contributed by atoms with van der Waals surface area (Å²) >= 11 is 0. The second-order valence-electron chi connectivity index (χ2n) is 8.17. The number of rotatable bonds is 3. The van der Waals surface area contributed by atoms with Gasteiger partial charge in [-0.15, -0.1) is 0 Å². The third-order valence-electron chi connectivity index (χ3n) is 6.40. The molecule has 3 amide bonds. The van der Waals surface area contributed by atoms with Gasteiger partial charge in [-0.2, -0.15) is 0 Å². The number of halogens is 1. The standard InChI is InChI=1S/C20H24FN3O3/c1-5-10(4)24-17(25)14-15(18(24)26)20(23-16(14)9(2)3)12-8-11(21)6-7-13(12)22-19(20)27/h6-10,14-16,23H,5H2,1-4H3,(H,22,27)/t10-,14+,15+,16-,20+/m1/s1. The van der Waals surface area contributed by atoms with Gasteiger partial charge in [-0.25, -0.2) is 4.39 Å². The Labute approximate surface area is 157 Å². The fourth-order valence-corrected chi connectivity index (χ4v) is 4.92. The van der Waals surface area contributed by atoms with Crippen molar-refractivity contribution in [3.05, 3.63) is 29.6 Å². The maximum atomic E-state index is 14.0. The van der Waals surface area contributed by atoms with Crippen LogP contribution in [-0.2, 0) is 19.9 Å². The average Bonchev–Trinajstić information content (AvgIpc) is 3.20. The minimum absolute atomic E-state index is 0.0240. The fraction of sp³-hybridized carbons (Fsp3) is 0.550. The Bertz CT molecular complexity index is 855. The van der Waals surface area contributed by atoms with E-state index in [9.17, 15) is 18.8 Å². The third-order valence-corrected chi connectivity index (χ3v) is 6.40. The Morgan fingerprint density at radius 1 is 1.19 bits per heavy atom. The van der Waals surface area contributed by atoms with Gasteiger partial charge >= 0.3 is 0 Å². The summed E-state index contributed by atoms with van der Waals surface area (Å²) in [5.74, 6) is -2.93. The van der Waals surface area contributed by atoms with Crippen molar-refractivity contribution < 1.29 is 18.8 Å². The van der Waals surface area contributed by atoms with Crippen molar-refractivity contribution in [3.63, 3.8) is 0 Å². The molecule has 0 aromatic heterocycles. The topological polar surface area (TPSA) is 78.5 Å². The first-order chi connectivity index (χ1) is 12.7. The normalized spacial score (nSPS) is 33.0. The van der Waals surface area contributed by atoms with Crippen LogP contribution in [0.1, 0.15) is 39.7 Å². The first-order valence-electron chi connectivity index (χ1n) is 9.50. The summed E-state index contributed by atoms with van der Waals surface area (Å²) in [5.41, 5.74) is -0.511. The van der Waals surface area contributed by atoms with Crippen LogP contribution in [0.3, 0.4) is 0 Å². The molecule has 2 saturated heterocycles. The zero-order valence-electron chi connectivity index (χ0n) is 15.9. The van der Waals surface area contributed by atoms with E-state index in [1.165, 1.54) is 23.1 Å². The maximum Gasteiger partial charge on any atom is 0.250 e. The van der Waals surface area contributed by atoms with Gasteiger partial charge in [0.15, 0.2) is 0 Å². The molecule has 6 nitrogen and oxygen atoms in total. The van der Waals surface area contributed by atoms with Crippen LogP contribution in [0.15, 0.2) is 18.2 Å². The number of benzene rings is 1. The molecule has 1 spiro atoms. The van der Waals surface area contributed by atoms with Crippen molar-refractivity contribution in [2.75, 3.05) is 5.32 Å². The number of carbonyl (C=O) groups is 3. The lowest BCUT2D eigenvalue weighted by atomic mass is 9.76. The third kappa shape index (κ3) is 2.18. The first kappa shape index (κ1) is 18.1. The van der Waals surface area contributed by atoms with E-state index in [0.717, 1.165) is 0 Å². The predicted molar refractivity (Wildman–Crippen MR) is 97.1 cm³/mol. The van der Waals surface area contributed by atoms with Crippen molar-refractivity contribution in [1.29, 1.82) is 0 Å². The summed E-state index contributed by atoms with van der Waals surface area (Å²) in [6.45, 7) is 7.66. The van der Waals surface area contributed by atoms with Crippen LogP contribution < -0.4 is 10.6 Å². The van der Waals surface area contributed by atoms with E-state index >= 15 is 0 Å². The van der Waals surface area contributed by atoms with Crippen LogP contribution in [0, 0.1) is 23.6 Å². The number of imide groups is 1. The van der Waals surface area contributed by atoms with Gasteiger partial charge in [0.05, 0.1) is 11.8 Å². The average molecular weight is 373 g/mol. The summed E-state index contributed by atoms with van der Waals surface area (Å²) in [4.78, 5) is 41.0. The van der Waals surface area contributed by atoms with E-state index < -0.39 is 29.1 Å². The Morgan fingerprint density at radius 3 is 2.52 bits per heavy atom. The summed E-state index contributed by atoms with van der Waals surface area (Å²) in [6.07, 6.45) is 0.640. The van der Waals surface area contributed by atoms with Gasteiger partial charge in [0, 0.05) is 23.3 Å². The quantitative estimate of drug-likeness (QED) is 0.795. The van der Waals surface area contributed by atoms with Crippen molar-refractivity contribution >= 4 is 23.4 Å². The lowest BCUT2D eigenvalue weighted by molar-refractivity contribution is -0.145. The molecule has 1 aromatic rings. The van der Waals surface area contributed by atoms with Gasteiger partial charge in [-0.1, -0.05) is 20.8 Å². The van der Waals surface area contributed by atoms with Crippen LogP contribution in [0.5, 0.6) is 0 Å². The van der Waals surface area contributed by atoms with Gasteiger partial charge in [0.25, 0.3) is 0 Å². The van der Waals surface area contributed by atoms with Crippen LogP contribution in [0.4, 0.5) is 10.1 Å². The van der Waals surface area contributed by atoms with Gasteiger partial charge in [-0.3, -0.25) is 24.6 Å². The largest absolute Gasteiger partial charge is 0.324 e. The Kier molecular flexibility index (Phi) is 3.93. The monoisotopic (exact) mass is 373 g/mol. The molecule has 1 aromatic carbocycles. The smallest absolute Gasteiger partial charge is 0.250 e. The van der Waals surface area contributed by atoms with Crippen LogP contribution in [-0.4, -0.2) is 34.7 Å². The van der Waals surface area contributed by atoms with Gasteiger partial charge in [0.2, 0.25) is 17.7 Å². The minimum atomic E-state index is -1.41. The number of amides is 3. The molecule has 3 aliphatic heterocycles. The maximum absolute atomic E-state index is 14.0. The summed E-state index contributed by atoms with van der Waals surface area (Å²) in [5, 5.41) is 6.07. The van der Waals surface area contributed by atoms with Crippen LogP contribution in [0.2, 0.25) is 0 Å². The molecule has 2 N–H and O–H groups in total. The van der Waals surface area contributed by atoms with Gasteiger partial charge in [-0.05, 0) is 37.5 Å². The van der Waals surface area contributed by atoms with Gasteiger partial charge in [0.1, 0.15) is 11.4 Å². The number of anilines is 1. The summed E-state index contributed by atoms with van der Waals surface area (Å²) in [6, 6.07) is 3.49. The molecule has 3 heterocycles. The minimum Gasteiger partial charge on any atom is -0.324 e. The highest BCUT2D eigenvalue weighted by molar-refractivity contribution is 6.15. The molecule has 0 bridgehead atoms. The molecule has 0 radical (unpaired) electrons. The summed E-state index contributed by atoms with van der Waals surface area (Å²) in [7, 11) is 0. The van der Waals surface area contributed by atoms with E-state index in [4.69, 9.17) is 0 Å². The van der Waals surface area contributed by atoms with Crippen molar-refractivity contribution in [1.82, 2.24) is 10.2 Å². The molecule has 7 heteroatoms. The Balaban J connectivity index is 1.92. The molecular formula is C20H24FN3O3. The Morgan fingerprint density at radius 2 is 1.89 bits per heavy atom. The fourth-order valence-electron chi connectivity index (χ4n) is 4.92. The molecule has 0 unspecified atom stereocenters.